The molecule has 16 heavy (non-hydrogen) atoms. The SMILES string of the molecule is CC(C)C(=O)COc1ccc(C(C)C)cc1. The average Bonchev–Trinajstić information content (AvgIpc) is 2.26. The predicted octanol–water partition coefficient (Wildman–Crippen LogP) is 3.41. The van der Waals surface area contributed by atoms with Crippen molar-refractivity contribution in [2.45, 2.75) is 33.6 Å². The summed E-state index contributed by atoms with van der Waals surface area (Å²) in [6.07, 6.45) is 0. The van der Waals surface area contributed by atoms with E-state index in [9.17, 15) is 4.79 Å². The molecule has 0 N–H and O–H groups in total. The summed E-state index contributed by atoms with van der Waals surface area (Å²) < 4.78 is 5.41. The molecule has 0 radical (unpaired) electrons. The van der Waals surface area contributed by atoms with Gasteiger partial charge in [-0.2, -0.15) is 0 Å². The van der Waals surface area contributed by atoms with Gasteiger partial charge in [-0.15, -0.1) is 0 Å². The lowest BCUT2D eigenvalue weighted by Crippen LogP contribution is -2.16. The molecule has 1 aromatic rings. The Labute approximate surface area is 97.6 Å². The first-order valence-electron chi connectivity index (χ1n) is 5.76. The molecule has 88 valence electrons. The third-order valence-electron chi connectivity index (χ3n) is 2.57. The largest absolute Gasteiger partial charge is 0.486 e. The fraction of sp³-hybridized carbons (Fsp3) is 0.500. The summed E-state index contributed by atoms with van der Waals surface area (Å²) >= 11 is 0. The number of ketones is 1. The molecule has 2 nitrogen and oxygen atoms in total. The Kier molecular flexibility index (Phi) is 4.53. The van der Waals surface area contributed by atoms with E-state index in [1.807, 2.05) is 38.1 Å². The van der Waals surface area contributed by atoms with Crippen molar-refractivity contribution in [1.82, 2.24) is 0 Å². The van der Waals surface area contributed by atoms with E-state index < -0.39 is 0 Å². The van der Waals surface area contributed by atoms with E-state index in [0.717, 1.165) is 5.75 Å². The second-order valence-corrected chi connectivity index (χ2v) is 4.63. The van der Waals surface area contributed by atoms with Crippen LogP contribution in [0.4, 0.5) is 0 Å². The molecule has 0 saturated heterocycles. The fourth-order valence-electron chi connectivity index (χ4n) is 1.27. The van der Waals surface area contributed by atoms with Crippen LogP contribution in [0.25, 0.3) is 0 Å². The molecule has 0 aliphatic heterocycles. The molecule has 0 fully saturated rings. The van der Waals surface area contributed by atoms with Crippen molar-refractivity contribution in [2.75, 3.05) is 6.61 Å². The van der Waals surface area contributed by atoms with Gasteiger partial charge in [0.25, 0.3) is 0 Å². The Morgan fingerprint density at radius 1 is 1.12 bits per heavy atom. The molecule has 0 aliphatic carbocycles. The Bertz CT molecular complexity index is 336. The van der Waals surface area contributed by atoms with E-state index in [1.165, 1.54) is 5.56 Å². The standard InChI is InChI=1S/C14H20O2/c1-10(2)12-5-7-13(8-6-12)16-9-14(15)11(3)4/h5-8,10-11H,9H2,1-4H3. The fourth-order valence-corrected chi connectivity index (χ4v) is 1.27. The summed E-state index contributed by atoms with van der Waals surface area (Å²) in [4.78, 5) is 11.4. The van der Waals surface area contributed by atoms with E-state index in [4.69, 9.17) is 4.74 Å². The lowest BCUT2D eigenvalue weighted by molar-refractivity contribution is -0.123. The van der Waals surface area contributed by atoms with Crippen LogP contribution in [-0.4, -0.2) is 12.4 Å². The van der Waals surface area contributed by atoms with Gasteiger partial charge < -0.3 is 4.74 Å². The Morgan fingerprint density at radius 3 is 2.12 bits per heavy atom. The maximum Gasteiger partial charge on any atom is 0.172 e. The maximum absolute atomic E-state index is 11.4. The van der Waals surface area contributed by atoms with Crippen molar-refractivity contribution in [3.8, 4) is 5.75 Å². The molecule has 0 bridgehead atoms. The van der Waals surface area contributed by atoms with Crippen LogP contribution in [0.15, 0.2) is 24.3 Å². The van der Waals surface area contributed by atoms with Crippen LogP contribution >= 0.6 is 0 Å². The first kappa shape index (κ1) is 12.8. The molecular weight excluding hydrogens is 200 g/mol. The van der Waals surface area contributed by atoms with Gasteiger partial charge in [-0.3, -0.25) is 4.79 Å². The second kappa shape index (κ2) is 5.69. The molecule has 1 rings (SSSR count). The smallest absolute Gasteiger partial charge is 0.172 e. The maximum atomic E-state index is 11.4. The van der Waals surface area contributed by atoms with Crippen LogP contribution in [0.3, 0.4) is 0 Å². The van der Waals surface area contributed by atoms with E-state index in [2.05, 4.69) is 13.8 Å². The Balaban J connectivity index is 2.53. The second-order valence-electron chi connectivity index (χ2n) is 4.63. The van der Waals surface area contributed by atoms with Crippen LogP contribution in [0.5, 0.6) is 5.75 Å². The van der Waals surface area contributed by atoms with Gasteiger partial charge in [-0.05, 0) is 23.6 Å². The number of hydrogen-bond donors (Lipinski definition) is 0. The van der Waals surface area contributed by atoms with Gasteiger partial charge in [0.2, 0.25) is 0 Å². The quantitative estimate of drug-likeness (QED) is 0.760. The van der Waals surface area contributed by atoms with Gasteiger partial charge in [0.05, 0.1) is 0 Å². The number of carbonyl (C=O) groups excluding carboxylic acids is 1. The van der Waals surface area contributed by atoms with Crippen molar-refractivity contribution < 1.29 is 9.53 Å². The normalized spacial score (nSPS) is 10.9. The highest BCUT2D eigenvalue weighted by molar-refractivity contribution is 5.81. The highest BCUT2D eigenvalue weighted by Crippen LogP contribution is 2.18. The molecule has 1 aromatic carbocycles. The Hall–Kier alpha value is -1.31. The summed E-state index contributed by atoms with van der Waals surface area (Å²) in [5.41, 5.74) is 1.28. The molecule has 0 atom stereocenters. The molecule has 0 unspecified atom stereocenters. The highest BCUT2D eigenvalue weighted by Gasteiger charge is 2.07. The molecule has 2 heteroatoms. The molecule has 0 amide bonds. The summed E-state index contributed by atoms with van der Waals surface area (Å²) in [5, 5.41) is 0. The van der Waals surface area contributed by atoms with Gasteiger partial charge >= 0.3 is 0 Å². The number of ether oxygens (including phenoxy) is 1. The third-order valence-corrected chi connectivity index (χ3v) is 2.57. The number of benzene rings is 1. The van der Waals surface area contributed by atoms with E-state index in [0.29, 0.717) is 5.92 Å². The van der Waals surface area contributed by atoms with Crippen LogP contribution < -0.4 is 4.74 Å². The first-order chi connectivity index (χ1) is 7.50. The minimum atomic E-state index is 0.0370. The van der Waals surface area contributed by atoms with Gasteiger partial charge in [0.15, 0.2) is 5.78 Å². The minimum Gasteiger partial charge on any atom is -0.486 e. The zero-order valence-electron chi connectivity index (χ0n) is 10.5. The van der Waals surface area contributed by atoms with Gasteiger partial charge in [-0.25, -0.2) is 0 Å². The van der Waals surface area contributed by atoms with Crippen LogP contribution in [-0.2, 0) is 4.79 Å². The molecule has 0 aliphatic rings. The van der Waals surface area contributed by atoms with Gasteiger partial charge in [0.1, 0.15) is 12.4 Å². The lowest BCUT2D eigenvalue weighted by Gasteiger charge is -2.09. The van der Waals surface area contributed by atoms with Gasteiger partial charge in [0, 0.05) is 5.92 Å². The highest BCUT2D eigenvalue weighted by atomic mass is 16.5. The summed E-state index contributed by atoms with van der Waals surface area (Å²) in [7, 11) is 0. The zero-order valence-corrected chi connectivity index (χ0v) is 10.5. The first-order valence-corrected chi connectivity index (χ1v) is 5.76. The average molecular weight is 220 g/mol. The van der Waals surface area contributed by atoms with Crippen LogP contribution in [0, 0.1) is 5.92 Å². The van der Waals surface area contributed by atoms with Gasteiger partial charge in [-0.1, -0.05) is 39.8 Å². The van der Waals surface area contributed by atoms with E-state index in [-0.39, 0.29) is 18.3 Å². The van der Waals surface area contributed by atoms with Crippen molar-refractivity contribution in [3.05, 3.63) is 29.8 Å². The number of rotatable bonds is 5. The van der Waals surface area contributed by atoms with Crippen LogP contribution in [0.2, 0.25) is 0 Å². The molecule has 0 heterocycles. The molecule has 0 aromatic heterocycles. The zero-order chi connectivity index (χ0) is 12.1. The lowest BCUT2D eigenvalue weighted by atomic mass is 10.0. The van der Waals surface area contributed by atoms with Crippen molar-refractivity contribution in [3.63, 3.8) is 0 Å². The number of hydrogen-bond acceptors (Lipinski definition) is 2. The third kappa shape index (κ3) is 3.69. The summed E-state index contributed by atoms with van der Waals surface area (Å²) in [5.74, 6) is 1.45. The number of Topliss-reactive ketones (excluding diaryl/α,β-unsaturated/α-hetero) is 1. The van der Waals surface area contributed by atoms with Crippen LogP contribution in [0.1, 0.15) is 39.2 Å². The Morgan fingerprint density at radius 2 is 1.69 bits per heavy atom. The minimum absolute atomic E-state index is 0.0370. The molecule has 0 saturated carbocycles. The summed E-state index contributed by atoms with van der Waals surface area (Å²) in [6.45, 7) is 8.23. The van der Waals surface area contributed by atoms with E-state index in [1.54, 1.807) is 0 Å². The van der Waals surface area contributed by atoms with E-state index >= 15 is 0 Å². The topological polar surface area (TPSA) is 26.3 Å². The molecule has 0 spiro atoms. The monoisotopic (exact) mass is 220 g/mol. The molecular formula is C14H20O2. The number of carbonyl (C=O) groups is 1. The van der Waals surface area contributed by atoms with Crippen molar-refractivity contribution in [1.29, 1.82) is 0 Å². The van der Waals surface area contributed by atoms with Crippen molar-refractivity contribution in [2.24, 2.45) is 5.92 Å². The van der Waals surface area contributed by atoms with Crippen molar-refractivity contribution >= 4 is 5.78 Å². The summed E-state index contributed by atoms with van der Waals surface area (Å²) in [6, 6.07) is 7.92. The predicted molar refractivity (Wildman–Crippen MR) is 65.9 cm³/mol.